The summed E-state index contributed by atoms with van der Waals surface area (Å²) in [5.74, 6) is 1.22. The molecule has 3 rings (SSSR count). The number of rotatable bonds is 3. The highest BCUT2D eigenvalue weighted by Crippen LogP contribution is 2.47. The molecule has 0 aromatic heterocycles. The molecule has 1 unspecified atom stereocenters. The summed E-state index contributed by atoms with van der Waals surface area (Å²) in [7, 11) is 0. The molecule has 25 heavy (non-hydrogen) atoms. The van der Waals surface area contributed by atoms with E-state index in [1.165, 1.54) is 5.57 Å². The van der Waals surface area contributed by atoms with Gasteiger partial charge >= 0.3 is 0 Å². The molecule has 0 spiro atoms. The predicted molar refractivity (Wildman–Crippen MR) is 101 cm³/mol. The van der Waals surface area contributed by atoms with Crippen molar-refractivity contribution in [2.45, 2.75) is 39.7 Å². The molecular formula is C22H24O3. The molecule has 130 valence electrons. The zero-order valence-electron chi connectivity index (χ0n) is 15.0. The van der Waals surface area contributed by atoms with Crippen LogP contribution in [0.2, 0.25) is 0 Å². The van der Waals surface area contributed by atoms with E-state index in [1.807, 2.05) is 32.9 Å². The van der Waals surface area contributed by atoms with Crippen LogP contribution in [0.5, 0.6) is 17.2 Å². The molecule has 3 heteroatoms. The minimum Gasteiger partial charge on any atom is -0.508 e. The third-order valence-corrected chi connectivity index (χ3v) is 4.58. The van der Waals surface area contributed by atoms with Crippen LogP contribution in [0.15, 0.2) is 48.6 Å². The van der Waals surface area contributed by atoms with Crippen LogP contribution in [0, 0.1) is 6.92 Å². The Morgan fingerprint density at radius 2 is 1.92 bits per heavy atom. The van der Waals surface area contributed by atoms with Crippen LogP contribution in [0.3, 0.4) is 0 Å². The summed E-state index contributed by atoms with van der Waals surface area (Å²) in [5, 5.41) is 20.0. The van der Waals surface area contributed by atoms with Gasteiger partial charge in [0.1, 0.15) is 23.4 Å². The Morgan fingerprint density at radius 1 is 1.24 bits per heavy atom. The van der Waals surface area contributed by atoms with E-state index in [-0.39, 0.29) is 17.6 Å². The number of phenolic OH excluding ortho intramolecular Hbond substituents is 2. The van der Waals surface area contributed by atoms with Crippen molar-refractivity contribution in [2.24, 2.45) is 0 Å². The van der Waals surface area contributed by atoms with Crippen LogP contribution in [-0.2, 0) is 6.42 Å². The average Bonchev–Trinajstić information content (AvgIpc) is 2.54. The van der Waals surface area contributed by atoms with Crippen molar-refractivity contribution in [1.29, 1.82) is 0 Å². The van der Waals surface area contributed by atoms with E-state index in [0.717, 1.165) is 33.6 Å². The van der Waals surface area contributed by atoms with E-state index in [9.17, 15) is 10.2 Å². The van der Waals surface area contributed by atoms with Crippen molar-refractivity contribution in [3.05, 3.63) is 70.8 Å². The van der Waals surface area contributed by atoms with E-state index < -0.39 is 0 Å². The second kappa shape index (κ2) is 6.67. The third-order valence-electron chi connectivity index (χ3n) is 4.58. The fourth-order valence-electron chi connectivity index (χ4n) is 3.27. The molecule has 0 radical (unpaired) electrons. The number of allylic oxidation sites excluding steroid dienone is 2. The maximum absolute atomic E-state index is 10.5. The summed E-state index contributed by atoms with van der Waals surface area (Å²) in [6.45, 7) is 10.3. The van der Waals surface area contributed by atoms with E-state index in [4.69, 9.17) is 4.74 Å². The van der Waals surface area contributed by atoms with Gasteiger partial charge in [0.15, 0.2) is 0 Å². The molecule has 1 aliphatic rings. The average molecular weight is 336 g/mol. The van der Waals surface area contributed by atoms with Crippen molar-refractivity contribution in [3.63, 3.8) is 0 Å². The second-order valence-corrected chi connectivity index (χ2v) is 6.89. The van der Waals surface area contributed by atoms with Crippen molar-refractivity contribution < 1.29 is 14.9 Å². The Balaban J connectivity index is 2.07. The topological polar surface area (TPSA) is 49.7 Å². The fraction of sp³-hybridized carbons (Fsp3) is 0.273. The maximum Gasteiger partial charge on any atom is 0.135 e. The number of fused-ring (bicyclic) bond motifs is 1. The fourth-order valence-corrected chi connectivity index (χ4v) is 3.27. The SMILES string of the molecule is C=C1CC(c2ccc(O)cc2)Oc2c(CC=C(C)C)c(O)cc(C)c21. The number of ether oxygens (including phenoxy) is 1. The molecule has 0 fully saturated rings. The number of aromatic hydroxyl groups is 2. The molecule has 1 atom stereocenters. The molecule has 0 saturated carbocycles. The quantitative estimate of drug-likeness (QED) is 0.733. The molecule has 2 aromatic rings. The molecular weight excluding hydrogens is 312 g/mol. The normalized spacial score (nSPS) is 16.1. The maximum atomic E-state index is 10.5. The number of phenols is 2. The minimum absolute atomic E-state index is 0.174. The van der Waals surface area contributed by atoms with Crippen LogP contribution in [-0.4, -0.2) is 10.2 Å². The zero-order chi connectivity index (χ0) is 18.1. The van der Waals surface area contributed by atoms with E-state index in [0.29, 0.717) is 12.8 Å². The number of hydrogen-bond acceptors (Lipinski definition) is 3. The predicted octanol–water partition coefficient (Wildman–Crippen LogP) is 5.45. The van der Waals surface area contributed by atoms with Gasteiger partial charge in [-0.3, -0.25) is 0 Å². The summed E-state index contributed by atoms with van der Waals surface area (Å²) >= 11 is 0. The summed E-state index contributed by atoms with van der Waals surface area (Å²) in [4.78, 5) is 0. The first-order valence-electron chi connectivity index (χ1n) is 8.49. The van der Waals surface area contributed by atoms with Gasteiger partial charge in [0, 0.05) is 17.5 Å². The summed E-state index contributed by atoms with van der Waals surface area (Å²) in [5.41, 5.74) is 5.96. The molecule has 0 bridgehead atoms. The molecule has 3 nitrogen and oxygen atoms in total. The first-order valence-corrected chi connectivity index (χ1v) is 8.49. The lowest BCUT2D eigenvalue weighted by molar-refractivity contribution is 0.199. The lowest BCUT2D eigenvalue weighted by Crippen LogP contribution is -2.16. The molecule has 0 aliphatic carbocycles. The standard InChI is InChI=1S/C22H24O3/c1-13(2)5-10-18-19(24)11-14(3)21-15(4)12-20(25-22(18)21)16-6-8-17(23)9-7-16/h5-9,11,20,23-24H,4,10,12H2,1-3H3. The monoisotopic (exact) mass is 336 g/mol. The van der Waals surface area contributed by atoms with Crippen molar-refractivity contribution in [1.82, 2.24) is 0 Å². The van der Waals surface area contributed by atoms with Gasteiger partial charge in [-0.25, -0.2) is 0 Å². The lowest BCUT2D eigenvalue weighted by Gasteiger charge is -2.31. The Morgan fingerprint density at radius 3 is 2.56 bits per heavy atom. The van der Waals surface area contributed by atoms with Crippen LogP contribution >= 0.6 is 0 Å². The number of benzene rings is 2. The van der Waals surface area contributed by atoms with Crippen LogP contribution < -0.4 is 4.74 Å². The van der Waals surface area contributed by atoms with Crippen LogP contribution in [0.25, 0.3) is 5.57 Å². The molecule has 0 saturated heterocycles. The highest BCUT2D eigenvalue weighted by Gasteiger charge is 2.29. The summed E-state index contributed by atoms with van der Waals surface area (Å²) in [6.07, 6.45) is 3.21. The van der Waals surface area contributed by atoms with Gasteiger partial charge in [-0.2, -0.15) is 0 Å². The number of aryl methyl sites for hydroxylation is 1. The van der Waals surface area contributed by atoms with Gasteiger partial charge in [0.25, 0.3) is 0 Å². The smallest absolute Gasteiger partial charge is 0.135 e. The van der Waals surface area contributed by atoms with Crippen molar-refractivity contribution >= 4 is 5.57 Å². The summed E-state index contributed by atoms with van der Waals surface area (Å²) in [6, 6.07) is 8.85. The van der Waals surface area contributed by atoms with E-state index in [1.54, 1.807) is 18.2 Å². The number of hydrogen-bond donors (Lipinski definition) is 2. The van der Waals surface area contributed by atoms with Crippen molar-refractivity contribution in [3.8, 4) is 17.2 Å². The highest BCUT2D eigenvalue weighted by molar-refractivity contribution is 5.76. The molecule has 1 heterocycles. The van der Waals surface area contributed by atoms with E-state index >= 15 is 0 Å². The minimum atomic E-state index is -0.174. The van der Waals surface area contributed by atoms with Gasteiger partial charge in [-0.1, -0.05) is 30.4 Å². The summed E-state index contributed by atoms with van der Waals surface area (Å²) < 4.78 is 6.32. The van der Waals surface area contributed by atoms with Gasteiger partial charge in [0.05, 0.1) is 0 Å². The lowest BCUT2D eigenvalue weighted by atomic mass is 9.88. The highest BCUT2D eigenvalue weighted by atomic mass is 16.5. The van der Waals surface area contributed by atoms with Gasteiger partial charge in [-0.15, -0.1) is 0 Å². The van der Waals surface area contributed by atoms with Gasteiger partial charge in [0.2, 0.25) is 0 Å². The largest absolute Gasteiger partial charge is 0.508 e. The van der Waals surface area contributed by atoms with E-state index in [2.05, 4.69) is 12.7 Å². The zero-order valence-corrected chi connectivity index (χ0v) is 15.0. The van der Waals surface area contributed by atoms with Crippen LogP contribution in [0.4, 0.5) is 0 Å². The van der Waals surface area contributed by atoms with Crippen molar-refractivity contribution in [2.75, 3.05) is 0 Å². The molecule has 1 aliphatic heterocycles. The Hall–Kier alpha value is -2.68. The Bertz CT molecular complexity index is 841. The Labute approximate surface area is 148 Å². The molecule has 2 N–H and O–H groups in total. The molecule has 2 aromatic carbocycles. The first kappa shape index (κ1) is 17.2. The first-order chi connectivity index (χ1) is 11.9. The second-order valence-electron chi connectivity index (χ2n) is 6.89. The van der Waals surface area contributed by atoms with Gasteiger partial charge in [-0.05, 0) is 62.1 Å². The molecule has 0 amide bonds. The third kappa shape index (κ3) is 3.41. The Kier molecular flexibility index (Phi) is 4.58. The van der Waals surface area contributed by atoms with Gasteiger partial charge < -0.3 is 14.9 Å². The van der Waals surface area contributed by atoms with Crippen LogP contribution in [0.1, 0.15) is 48.6 Å².